The second kappa shape index (κ2) is 5.91. The van der Waals surface area contributed by atoms with Crippen molar-refractivity contribution in [2.75, 3.05) is 4.90 Å². The van der Waals surface area contributed by atoms with Gasteiger partial charge in [0.15, 0.2) is 0 Å². The topological polar surface area (TPSA) is 23.5 Å². The van der Waals surface area contributed by atoms with Crippen LogP contribution in [0.4, 0.5) is 17.1 Å². The summed E-state index contributed by atoms with van der Waals surface area (Å²) < 4.78 is 0. The number of nitrogens with zero attached hydrogens (tertiary/aromatic N) is 1. The van der Waals surface area contributed by atoms with Crippen molar-refractivity contribution in [2.24, 2.45) is 0 Å². The molecule has 1 heterocycles. The fourth-order valence-electron chi connectivity index (χ4n) is 5.03. The van der Waals surface area contributed by atoms with Crippen LogP contribution in [0.25, 0.3) is 0 Å². The number of para-hydroxylation sites is 3. The van der Waals surface area contributed by atoms with Gasteiger partial charge in [0.05, 0.1) is 11.4 Å². The van der Waals surface area contributed by atoms with Crippen molar-refractivity contribution in [3.05, 3.63) is 83.9 Å². The summed E-state index contributed by atoms with van der Waals surface area (Å²) in [6.07, 6.45) is 6.11. The number of hydrogen-bond donors (Lipinski definition) is 1. The van der Waals surface area contributed by atoms with Gasteiger partial charge in [-0.3, -0.25) is 0 Å². The third-order valence-electron chi connectivity index (χ3n) is 6.14. The smallest absolute Gasteiger partial charge is 0.139 e. The predicted octanol–water partition coefficient (Wildman–Crippen LogP) is 6.43. The quantitative estimate of drug-likeness (QED) is 0.551. The summed E-state index contributed by atoms with van der Waals surface area (Å²) >= 11 is 0. The average molecular weight is 341 g/mol. The van der Waals surface area contributed by atoms with Crippen LogP contribution in [0, 0.1) is 0 Å². The molecule has 130 valence electrons. The molecule has 1 fully saturated rings. The minimum atomic E-state index is 0.0220. The number of aromatic hydroxyl groups is 1. The number of hydrogen-bond acceptors (Lipinski definition) is 2. The Morgan fingerprint density at radius 1 is 0.692 bits per heavy atom. The Morgan fingerprint density at radius 2 is 1.38 bits per heavy atom. The molecule has 3 aromatic carbocycles. The number of rotatable bonds is 1. The van der Waals surface area contributed by atoms with Crippen LogP contribution in [-0.4, -0.2) is 5.11 Å². The van der Waals surface area contributed by atoms with E-state index < -0.39 is 0 Å². The molecule has 0 saturated heterocycles. The highest BCUT2D eigenvalue weighted by Gasteiger charge is 2.44. The van der Waals surface area contributed by atoms with E-state index in [-0.39, 0.29) is 5.41 Å². The molecule has 2 nitrogen and oxygen atoms in total. The first-order valence-corrected chi connectivity index (χ1v) is 9.58. The van der Waals surface area contributed by atoms with E-state index in [1.165, 1.54) is 36.1 Å². The number of benzene rings is 3. The lowest BCUT2D eigenvalue weighted by Crippen LogP contribution is -2.37. The van der Waals surface area contributed by atoms with Crippen molar-refractivity contribution in [1.29, 1.82) is 0 Å². The van der Waals surface area contributed by atoms with E-state index in [1.54, 1.807) is 0 Å². The first-order valence-electron chi connectivity index (χ1n) is 9.58. The van der Waals surface area contributed by atoms with E-state index in [9.17, 15) is 5.11 Å². The van der Waals surface area contributed by atoms with Crippen LogP contribution in [0.2, 0.25) is 0 Å². The Balaban J connectivity index is 1.85. The fraction of sp³-hybridized carbons (Fsp3) is 0.250. The predicted molar refractivity (Wildman–Crippen MR) is 107 cm³/mol. The molecule has 26 heavy (non-hydrogen) atoms. The van der Waals surface area contributed by atoms with E-state index in [4.69, 9.17) is 0 Å². The van der Waals surface area contributed by atoms with Gasteiger partial charge in [-0.25, -0.2) is 0 Å². The van der Waals surface area contributed by atoms with Crippen LogP contribution in [0.15, 0.2) is 72.8 Å². The van der Waals surface area contributed by atoms with Gasteiger partial charge in [0.25, 0.3) is 0 Å². The molecule has 0 amide bonds. The van der Waals surface area contributed by atoms with Gasteiger partial charge in [-0.1, -0.05) is 67.8 Å². The van der Waals surface area contributed by atoms with Gasteiger partial charge in [-0.15, -0.1) is 0 Å². The molecule has 0 bridgehead atoms. The largest absolute Gasteiger partial charge is 0.506 e. The monoisotopic (exact) mass is 341 g/mol. The Morgan fingerprint density at radius 3 is 2.19 bits per heavy atom. The SMILES string of the molecule is Oc1cccc2c1N(c1ccccc1)c1ccccc1C21CCCCC1. The van der Waals surface area contributed by atoms with Crippen LogP contribution in [0.5, 0.6) is 5.75 Å². The molecule has 1 spiro atoms. The van der Waals surface area contributed by atoms with Gasteiger partial charge in [0, 0.05) is 11.1 Å². The van der Waals surface area contributed by atoms with E-state index in [1.807, 2.05) is 18.2 Å². The van der Waals surface area contributed by atoms with Crippen molar-refractivity contribution in [3.8, 4) is 5.75 Å². The lowest BCUT2D eigenvalue weighted by molar-refractivity contribution is 0.342. The minimum Gasteiger partial charge on any atom is -0.506 e. The zero-order valence-electron chi connectivity index (χ0n) is 14.9. The van der Waals surface area contributed by atoms with Gasteiger partial charge in [-0.05, 0) is 48.2 Å². The van der Waals surface area contributed by atoms with Crippen molar-refractivity contribution >= 4 is 17.1 Å². The van der Waals surface area contributed by atoms with Gasteiger partial charge < -0.3 is 10.0 Å². The lowest BCUT2D eigenvalue weighted by atomic mass is 9.62. The maximum absolute atomic E-state index is 10.9. The molecule has 0 atom stereocenters. The first kappa shape index (κ1) is 15.5. The molecule has 1 aliphatic carbocycles. The molecule has 5 rings (SSSR count). The zero-order valence-corrected chi connectivity index (χ0v) is 14.9. The summed E-state index contributed by atoms with van der Waals surface area (Å²) in [6, 6.07) is 25.2. The average Bonchev–Trinajstić information content (AvgIpc) is 2.71. The summed E-state index contributed by atoms with van der Waals surface area (Å²) in [5.74, 6) is 0.366. The van der Waals surface area contributed by atoms with E-state index in [2.05, 4.69) is 59.5 Å². The van der Waals surface area contributed by atoms with Gasteiger partial charge in [0.2, 0.25) is 0 Å². The van der Waals surface area contributed by atoms with Crippen molar-refractivity contribution < 1.29 is 5.11 Å². The highest BCUT2D eigenvalue weighted by atomic mass is 16.3. The standard InChI is InChI=1S/C24H23NO/c26-22-15-9-13-20-23(22)25(18-10-3-1-4-11-18)21-14-6-5-12-19(21)24(20)16-7-2-8-17-24/h1,3-6,9-15,26H,2,7-8,16-17H2. The molecule has 1 aliphatic heterocycles. The summed E-state index contributed by atoms with van der Waals surface area (Å²) in [7, 11) is 0. The zero-order chi connectivity index (χ0) is 17.6. The van der Waals surface area contributed by atoms with Crippen LogP contribution in [-0.2, 0) is 5.41 Å². The normalized spacial score (nSPS) is 17.6. The second-order valence-corrected chi connectivity index (χ2v) is 7.50. The Labute approximate surface area is 154 Å². The summed E-state index contributed by atoms with van der Waals surface area (Å²) in [6.45, 7) is 0. The summed E-state index contributed by atoms with van der Waals surface area (Å²) in [5.41, 5.74) is 5.96. The van der Waals surface area contributed by atoms with Crippen molar-refractivity contribution in [1.82, 2.24) is 0 Å². The van der Waals surface area contributed by atoms with E-state index >= 15 is 0 Å². The molecular weight excluding hydrogens is 318 g/mol. The van der Waals surface area contributed by atoms with Crippen LogP contribution in [0.1, 0.15) is 43.2 Å². The van der Waals surface area contributed by atoms with Crippen LogP contribution >= 0.6 is 0 Å². The van der Waals surface area contributed by atoms with Crippen molar-refractivity contribution in [2.45, 2.75) is 37.5 Å². The Kier molecular flexibility index (Phi) is 3.53. The highest BCUT2D eigenvalue weighted by molar-refractivity contribution is 5.88. The molecule has 0 radical (unpaired) electrons. The van der Waals surface area contributed by atoms with Crippen molar-refractivity contribution in [3.63, 3.8) is 0 Å². The molecule has 2 aliphatic rings. The van der Waals surface area contributed by atoms with Gasteiger partial charge in [-0.2, -0.15) is 0 Å². The van der Waals surface area contributed by atoms with E-state index in [0.29, 0.717) is 5.75 Å². The van der Waals surface area contributed by atoms with Gasteiger partial charge >= 0.3 is 0 Å². The Bertz CT molecular complexity index is 941. The van der Waals surface area contributed by atoms with Crippen LogP contribution in [0.3, 0.4) is 0 Å². The molecule has 2 heteroatoms. The molecule has 0 aromatic heterocycles. The summed E-state index contributed by atoms with van der Waals surface area (Å²) in [5, 5.41) is 10.9. The minimum absolute atomic E-state index is 0.0220. The number of anilines is 3. The number of phenols is 1. The molecular formula is C24H23NO. The lowest BCUT2D eigenvalue weighted by Gasteiger charge is -2.47. The highest BCUT2D eigenvalue weighted by Crippen LogP contribution is 2.59. The third kappa shape index (κ3) is 2.11. The fourth-order valence-corrected chi connectivity index (χ4v) is 5.03. The maximum atomic E-state index is 10.9. The molecule has 1 N–H and O–H groups in total. The molecule has 0 unspecified atom stereocenters. The van der Waals surface area contributed by atoms with Crippen LogP contribution < -0.4 is 4.90 Å². The molecule has 1 saturated carbocycles. The number of phenolic OH excluding ortho intramolecular Hbond substituents is 1. The third-order valence-corrected chi connectivity index (χ3v) is 6.14. The Hall–Kier alpha value is -2.74. The second-order valence-electron chi connectivity index (χ2n) is 7.50. The first-order chi connectivity index (χ1) is 12.8. The molecule has 3 aromatic rings. The van der Waals surface area contributed by atoms with E-state index in [0.717, 1.165) is 24.2 Å². The maximum Gasteiger partial charge on any atom is 0.139 e. The van der Waals surface area contributed by atoms with Gasteiger partial charge in [0.1, 0.15) is 5.75 Å². The summed E-state index contributed by atoms with van der Waals surface area (Å²) in [4.78, 5) is 2.24. The number of fused-ring (bicyclic) bond motifs is 4.